The van der Waals surface area contributed by atoms with Crippen LogP contribution in [0, 0.1) is 5.41 Å². The molecule has 1 aromatic heterocycles. The molecule has 0 radical (unpaired) electrons. The fraction of sp³-hybridized carbons (Fsp3) is 0.500. The Bertz CT molecular complexity index is 744. The molecular weight excluding hydrogens is 314 g/mol. The highest BCUT2D eigenvalue weighted by Gasteiger charge is 2.42. The molecule has 1 aliphatic carbocycles. The molecule has 2 fully saturated rings. The Kier molecular flexibility index (Phi) is 4.68. The van der Waals surface area contributed by atoms with Gasteiger partial charge in [-0.25, -0.2) is 0 Å². The first-order chi connectivity index (χ1) is 12.3. The molecule has 0 atom stereocenters. The first kappa shape index (κ1) is 16.5. The van der Waals surface area contributed by atoms with Crippen LogP contribution in [-0.4, -0.2) is 48.6 Å². The second-order valence-electron chi connectivity index (χ2n) is 7.21. The number of anilines is 1. The minimum absolute atomic E-state index is 0.148. The first-order valence-corrected chi connectivity index (χ1v) is 9.22. The van der Waals surface area contributed by atoms with Crippen molar-refractivity contribution in [3.8, 4) is 0 Å². The molecule has 2 heterocycles. The van der Waals surface area contributed by atoms with Gasteiger partial charge in [0.15, 0.2) is 0 Å². The van der Waals surface area contributed by atoms with Gasteiger partial charge in [-0.3, -0.25) is 14.7 Å². The summed E-state index contributed by atoms with van der Waals surface area (Å²) in [4.78, 5) is 20.1. The summed E-state index contributed by atoms with van der Waals surface area (Å²) in [5.41, 5.74) is 1.39. The third kappa shape index (κ3) is 3.39. The number of nitrogens with one attached hydrogen (secondary N) is 1. The topological polar surface area (TPSA) is 54.5 Å². The largest absolute Gasteiger partial charge is 0.379 e. The van der Waals surface area contributed by atoms with Crippen molar-refractivity contribution in [3.05, 3.63) is 36.5 Å². The fourth-order valence-corrected chi connectivity index (χ4v) is 4.16. The van der Waals surface area contributed by atoms with Gasteiger partial charge in [-0.15, -0.1) is 0 Å². The molecule has 5 nitrogen and oxygen atoms in total. The molecule has 2 aliphatic rings. The van der Waals surface area contributed by atoms with E-state index in [9.17, 15) is 4.79 Å². The minimum atomic E-state index is -0.283. The van der Waals surface area contributed by atoms with Gasteiger partial charge >= 0.3 is 0 Å². The summed E-state index contributed by atoms with van der Waals surface area (Å²) >= 11 is 0. The van der Waals surface area contributed by atoms with E-state index >= 15 is 0 Å². The number of nitrogens with zero attached hydrogens (tertiary/aromatic N) is 2. The lowest BCUT2D eigenvalue weighted by atomic mass is 9.84. The van der Waals surface area contributed by atoms with E-state index in [0.29, 0.717) is 0 Å². The lowest BCUT2D eigenvalue weighted by molar-refractivity contribution is -0.127. The van der Waals surface area contributed by atoms with E-state index in [1.165, 1.54) is 0 Å². The van der Waals surface area contributed by atoms with Crippen LogP contribution >= 0.6 is 0 Å². The second kappa shape index (κ2) is 7.10. The zero-order valence-electron chi connectivity index (χ0n) is 14.5. The molecule has 1 aromatic carbocycles. The summed E-state index contributed by atoms with van der Waals surface area (Å²) in [7, 11) is 0. The highest BCUT2D eigenvalue weighted by molar-refractivity contribution is 6.02. The predicted molar refractivity (Wildman–Crippen MR) is 98.5 cm³/mol. The number of fused-ring (bicyclic) bond motifs is 1. The standard InChI is InChI=1S/C20H25N3O2/c24-19(22-17-7-3-5-16-6-4-10-21-18(16)17)20(8-1-2-9-20)15-23-11-13-25-14-12-23/h3-7,10H,1-2,8-9,11-15H2,(H,22,24). The summed E-state index contributed by atoms with van der Waals surface area (Å²) < 4.78 is 5.45. The number of ether oxygens (including phenoxy) is 1. The number of pyridine rings is 1. The Morgan fingerprint density at radius 2 is 1.92 bits per heavy atom. The number of benzene rings is 1. The lowest BCUT2D eigenvalue weighted by Crippen LogP contribution is -2.47. The average Bonchev–Trinajstić information content (AvgIpc) is 3.13. The monoisotopic (exact) mass is 339 g/mol. The van der Waals surface area contributed by atoms with Gasteiger partial charge in [0.05, 0.1) is 29.8 Å². The van der Waals surface area contributed by atoms with E-state index < -0.39 is 0 Å². The summed E-state index contributed by atoms with van der Waals surface area (Å²) in [6.45, 7) is 4.21. The molecular formula is C20H25N3O2. The number of carbonyl (C=O) groups excluding carboxylic acids is 1. The maximum absolute atomic E-state index is 13.3. The van der Waals surface area contributed by atoms with Crippen molar-refractivity contribution in [3.63, 3.8) is 0 Å². The van der Waals surface area contributed by atoms with Gasteiger partial charge in [0.2, 0.25) is 5.91 Å². The van der Waals surface area contributed by atoms with Crippen LogP contribution in [0.15, 0.2) is 36.5 Å². The zero-order chi connectivity index (χ0) is 17.1. The number of rotatable bonds is 4. The molecule has 1 N–H and O–H groups in total. The van der Waals surface area contributed by atoms with Crippen molar-refractivity contribution in [2.24, 2.45) is 5.41 Å². The summed E-state index contributed by atoms with van der Waals surface area (Å²) in [5, 5.41) is 4.25. The third-order valence-corrected chi connectivity index (χ3v) is 5.55. The van der Waals surface area contributed by atoms with Crippen LogP contribution in [0.4, 0.5) is 5.69 Å². The van der Waals surface area contributed by atoms with E-state index in [2.05, 4.69) is 15.2 Å². The number of amides is 1. The summed E-state index contributed by atoms with van der Waals surface area (Å²) in [6, 6.07) is 9.90. The Balaban J connectivity index is 1.56. The summed E-state index contributed by atoms with van der Waals surface area (Å²) in [6.07, 6.45) is 5.97. The van der Waals surface area contributed by atoms with Crippen LogP contribution in [0.2, 0.25) is 0 Å². The minimum Gasteiger partial charge on any atom is -0.379 e. The van der Waals surface area contributed by atoms with E-state index in [4.69, 9.17) is 4.74 Å². The van der Waals surface area contributed by atoms with E-state index in [-0.39, 0.29) is 11.3 Å². The lowest BCUT2D eigenvalue weighted by Gasteiger charge is -2.36. The Morgan fingerprint density at radius 3 is 2.72 bits per heavy atom. The highest BCUT2D eigenvalue weighted by Crippen LogP contribution is 2.40. The molecule has 1 aliphatic heterocycles. The summed E-state index contributed by atoms with van der Waals surface area (Å²) in [5.74, 6) is 0.148. The molecule has 5 heteroatoms. The van der Waals surface area contributed by atoms with E-state index in [0.717, 1.165) is 75.1 Å². The predicted octanol–water partition coefficient (Wildman–Crippen LogP) is 3.07. The molecule has 4 rings (SSSR count). The normalized spacial score (nSPS) is 20.6. The smallest absolute Gasteiger partial charge is 0.231 e. The number of carbonyl (C=O) groups is 1. The number of hydrogen-bond donors (Lipinski definition) is 1. The molecule has 0 bridgehead atoms. The number of hydrogen-bond acceptors (Lipinski definition) is 4. The van der Waals surface area contributed by atoms with Crippen LogP contribution in [0.3, 0.4) is 0 Å². The number of morpholine rings is 1. The van der Waals surface area contributed by atoms with Gasteiger partial charge in [-0.1, -0.05) is 31.0 Å². The number of para-hydroxylation sites is 1. The van der Waals surface area contributed by atoms with Gasteiger partial charge in [-0.2, -0.15) is 0 Å². The fourth-order valence-electron chi connectivity index (χ4n) is 4.16. The van der Waals surface area contributed by atoms with Gasteiger partial charge in [0.25, 0.3) is 0 Å². The highest BCUT2D eigenvalue weighted by atomic mass is 16.5. The Morgan fingerprint density at radius 1 is 1.16 bits per heavy atom. The molecule has 1 saturated carbocycles. The van der Waals surface area contributed by atoms with Crippen LogP contribution in [-0.2, 0) is 9.53 Å². The molecule has 1 saturated heterocycles. The van der Waals surface area contributed by atoms with Crippen molar-refractivity contribution >= 4 is 22.5 Å². The SMILES string of the molecule is O=C(Nc1cccc2cccnc12)C1(CN2CCOCC2)CCCC1. The molecule has 0 unspecified atom stereocenters. The van der Waals surface area contributed by atoms with Crippen molar-refractivity contribution in [1.29, 1.82) is 0 Å². The molecule has 1 amide bonds. The van der Waals surface area contributed by atoms with Gasteiger partial charge in [0.1, 0.15) is 0 Å². The molecule has 2 aromatic rings. The van der Waals surface area contributed by atoms with Crippen molar-refractivity contribution in [2.75, 3.05) is 38.2 Å². The van der Waals surface area contributed by atoms with Gasteiger partial charge in [-0.05, 0) is 25.0 Å². The molecule has 0 spiro atoms. The van der Waals surface area contributed by atoms with Crippen LogP contribution in [0.5, 0.6) is 0 Å². The van der Waals surface area contributed by atoms with Gasteiger partial charge < -0.3 is 10.1 Å². The average molecular weight is 339 g/mol. The third-order valence-electron chi connectivity index (χ3n) is 5.55. The first-order valence-electron chi connectivity index (χ1n) is 9.22. The van der Waals surface area contributed by atoms with Crippen molar-refractivity contribution in [2.45, 2.75) is 25.7 Å². The maximum atomic E-state index is 13.3. The van der Waals surface area contributed by atoms with Crippen LogP contribution in [0.1, 0.15) is 25.7 Å². The maximum Gasteiger partial charge on any atom is 0.231 e. The van der Waals surface area contributed by atoms with Gasteiger partial charge in [0, 0.05) is 31.2 Å². The second-order valence-corrected chi connectivity index (χ2v) is 7.21. The quantitative estimate of drug-likeness (QED) is 0.930. The zero-order valence-corrected chi connectivity index (χ0v) is 14.5. The van der Waals surface area contributed by atoms with Crippen molar-refractivity contribution in [1.82, 2.24) is 9.88 Å². The van der Waals surface area contributed by atoms with Crippen LogP contribution in [0.25, 0.3) is 10.9 Å². The van der Waals surface area contributed by atoms with Crippen LogP contribution < -0.4 is 5.32 Å². The van der Waals surface area contributed by atoms with E-state index in [1.54, 1.807) is 6.20 Å². The molecule has 25 heavy (non-hydrogen) atoms. The number of aromatic nitrogens is 1. The van der Waals surface area contributed by atoms with E-state index in [1.807, 2.05) is 30.3 Å². The Labute approximate surface area is 148 Å². The molecule has 132 valence electrons. The van der Waals surface area contributed by atoms with Crippen molar-refractivity contribution < 1.29 is 9.53 Å². The Hall–Kier alpha value is -1.98.